The van der Waals surface area contributed by atoms with Crippen LogP contribution in [0.2, 0.25) is 0 Å². The number of halogens is 1. The van der Waals surface area contributed by atoms with Gasteiger partial charge >= 0.3 is 0 Å². The van der Waals surface area contributed by atoms with Gasteiger partial charge in [-0.2, -0.15) is 5.10 Å². The average Bonchev–Trinajstić information content (AvgIpc) is 2.70. The van der Waals surface area contributed by atoms with Gasteiger partial charge in [0.2, 0.25) is 0 Å². The molecule has 1 aromatic carbocycles. The molecule has 2 aromatic rings. The zero-order chi connectivity index (χ0) is 11.5. The summed E-state index contributed by atoms with van der Waals surface area (Å²) in [6.45, 7) is 4.97. The third-order valence-corrected chi connectivity index (χ3v) is 2.85. The minimum Gasteiger partial charge on any atom is -0.264 e. The lowest BCUT2D eigenvalue weighted by Gasteiger charge is -2.09. The number of nitrogens with zero attached hydrogens (tertiary/aromatic N) is 2. The fraction of sp³-hybridized carbons (Fsp3) is 0.308. The molecule has 0 aliphatic carbocycles. The van der Waals surface area contributed by atoms with Crippen LogP contribution in [-0.4, -0.2) is 15.7 Å². The standard InChI is InChI=1S/C13H15ClN2/c1-10-3-4-11(2)12(9-10)13-5-7-15-16(13)8-6-14/h3-5,7,9H,6,8H2,1-2H3. The Balaban J connectivity index is 2.49. The molecule has 0 fully saturated rings. The van der Waals surface area contributed by atoms with E-state index in [9.17, 15) is 0 Å². The van der Waals surface area contributed by atoms with Crippen molar-refractivity contribution >= 4 is 11.6 Å². The number of hydrogen-bond donors (Lipinski definition) is 0. The molecule has 0 aliphatic rings. The highest BCUT2D eigenvalue weighted by atomic mass is 35.5. The minimum atomic E-state index is 0.583. The van der Waals surface area contributed by atoms with Gasteiger partial charge in [-0.15, -0.1) is 11.6 Å². The summed E-state index contributed by atoms with van der Waals surface area (Å²) in [7, 11) is 0. The summed E-state index contributed by atoms with van der Waals surface area (Å²) < 4.78 is 1.95. The van der Waals surface area contributed by atoms with Crippen LogP contribution in [0.1, 0.15) is 11.1 Å². The van der Waals surface area contributed by atoms with Crippen molar-refractivity contribution in [3.8, 4) is 11.3 Å². The maximum Gasteiger partial charge on any atom is 0.0685 e. The van der Waals surface area contributed by atoms with Gasteiger partial charge in [0.05, 0.1) is 12.2 Å². The number of rotatable bonds is 3. The zero-order valence-electron chi connectivity index (χ0n) is 9.57. The van der Waals surface area contributed by atoms with Gasteiger partial charge in [0.25, 0.3) is 0 Å². The smallest absolute Gasteiger partial charge is 0.0685 e. The minimum absolute atomic E-state index is 0.583. The van der Waals surface area contributed by atoms with Crippen LogP contribution >= 0.6 is 11.6 Å². The highest BCUT2D eigenvalue weighted by Crippen LogP contribution is 2.24. The molecular weight excluding hydrogens is 220 g/mol. The van der Waals surface area contributed by atoms with Crippen molar-refractivity contribution in [3.05, 3.63) is 41.6 Å². The Labute approximate surface area is 101 Å². The first-order valence-corrected chi connectivity index (χ1v) is 5.91. The number of alkyl halides is 1. The number of benzene rings is 1. The largest absolute Gasteiger partial charge is 0.264 e. The molecule has 2 nitrogen and oxygen atoms in total. The molecule has 84 valence electrons. The van der Waals surface area contributed by atoms with Crippen molar-refractivity contribution in [3.63, 3.8) is 0 Å². The van der Waals surface area contributed by atoms with E-state index in [0.717, 1.165) is 12.2 Å². The van der Waals surface area contributed by atoms with E-state index in [2.05, 4.69) is 37.1 Å². The fourth-order valence-corrected chi connectivity index (χ4v) is 1.99. The molecule has 0 spiro atoms. The van der Waals surface area contributed by atoms with E-state index in [4.69, 9.17) is 11.6 Å². The maximum atomic E-state index is 5.76. The number of hydrogen-bond acceptors (Lipinski definition) is 1. The summed E-state index contributed by atoms with van der Waals surface area (Å²) in [5.41, 5.74) is 4.91. The first kappa shape index (κ1) is 11.2. The Kier molecular flexibility index (Phi) is 3.30. The molecule has 1 aromatic heterocycles. The highest BCUT2D eigenvalue weighted by Gasteiger charge is 2.07. The fourth-order valence-electron chi connectivity index (χ4n) is 1.83. The van der Waals surface area contributed by atoms with Gasteiger partial charge in [0.1, 0.15) is 0 Å². The highest BCUT2D eigenvalue weighted by molar-refractivity contribution is 6.17. The first-order chi connectivity index (χ1) is 7.72. The van der Waals surface area contributed by atoms with Gasteiger partial charge in [-0.05, 0) is 31.5 Å². The monoisotopic (exact) mass is 234 g/mol. The predicted molar refractivity (Wildman–Crippen MR) is 67.9 cm³/mol. The summed E-state index contributed by atoms with van der Waals surface area (Å²) in [6.07, 6.45) is 1.82. The van der Waals surface area contributed by atoms with Crippen LogP contribution in [-0.2, 0) is 6.54 Å². The molecule has 0 aliphatic heterocycles. The van der Waals surface area contributed by atoms with Crippen molar-refractivity contribution in [1.82, 2.24) is 9.78 Å². The Morgan fingerprint density at radius 2 is 2.06 bits per heavy atom. The normalized spacial score (nSPS) is 10.7. The molecule has 0 radical (unpaired) electrons. The van der Waals surface area contributed by atoms with Gasteiger partial charge < -0.3 is 0 Å². The van der Waals surface area contributed by atoms with Crippen LogP contribution in [0.3, 0.4) is 0 Å². The van der Waals surface area contributed by atoms with Crippen molar-refractivity contribution in [2.24, 2.45) is 0 Å². The Bertz CT molecular complexity index is 488. The second kappa shape index (κ2) is 4.71. The van der Waals surface area contributed by atoms with Gasteiger partial charge in [-0.25, -0.2) is 0 Å². The van der Waals surface area contributed by atoms with Crippen LogP contribution in [0, 0.1) is 13.8 Å². The van der Waals surface area contributed by atoms with E-state index in [1.807, 2.05) is 16.9 Å². The van der Waals surface area contributed by atoms with Crippen LogP contribution < -0.4 is 0 Å². The Hall–Kier alpha value is -1.28. The van der Waals surface area contributed by atoms with Crippen molar-refractivity contribution in [1.29, 1.82) is 0 Å². The van der Waals surface area contributed by atoms with E-state index < -0.39 is 0 Å². The summed E-state index contributed by atoms with van der Waals surface area (Å²) in [6, 6.07) is 8.50. The van der Waals surface area contributed by atoms with Crippen LogP contribution in [0.4, 0.5) is 0 Å². The Morgan fingerprint density at radius 3 is 2.81 bits per heavy atom. The van der Waals surface area contributed by atoms with Gasteiger partial charge in [0.15, 0.2) is 0 Å². The molecule has 3 heteroatoms. The molecule has 0 saturated carbocycles. The second-order valence-corrected chi connectivity index (χ2v) is 4.32. The van der Waals surface area contributed by atoms with Gasteiger partial charge in [-0.3, -0.25) is 4.68 Å². The summed E-state index contributed by atoms with van der Waals surface area (Å²) in [5, 5.41) is 4.29. The van der Waals surface area contributed by atoms with Crippen LogP contribution in [0.25, 0.3) is 11.3 Å². The molecule has 2 rings (SSSR count). The molecule has 0 unspecified atom stereocenters. The SMILES string of the molecule is Cc1ccc(C)c(-c2ccnn2CCCl)c1. The van der Waals surface area contributed by atoms with E-state index in [0.29, 0.717) is 5.88 Å². The molecule has 0 N–H and O–H groups in total. The maximum absolute atomic E-state index is 5.76. The third-order valence-electron chi connectivity index (χ3n) is 2.68. The lowest BCUT2D eigenvalue weighted by atomic mass is 10.0. The van der Waals surface area contributed by atoms with Crippen molar-refractivity contribution < 1.29 is 0 Å². The summed E-state index contributed by atoms with van der Waals surface area (Å²) >= 11 is 5.76. The average molecular weight is 235 g/mol. The quantitative estimate of drug-likeness (QED) is 0.745. The molecule has 1 heterocycles. The molecule has 0 bridgehead atoms. The van der Waals surface area contributed by atoms with Gasteiger partial charge in [0, 0.05) is 17.6 Å². The number of aromatic nitrogens is 2. The lowest BCUT2D eigenvalue weighted by molar-refractivity contribution is 0.671. The topological polar surface area (TPSA) is 17.8 Å². The third kappa shape index (κ3) is 2.12. The Morgan fingerprint density at radius 1 is 1.25 bits per heavy atom. The first-order valence-electron chi connectivity index (χ1n) is 5.38. The molecule has 0 saturated heterocycles. The van der Waals surface area contributed by atoms with E-state index in [-0.39, 0.29) is 0 Å². The van der Waals surface area contributed by atoms with Gasteiger partial charge in [-0.1, -0.05) is 17.7 Å². The molecular formula is C13H15ClN2. The molecule has 0 atom stereocenters. The summed E-state index contributed by atoms with van der Waals surface area (Å²) in [4.78, 5) is 0. The molecule has 16 heavy (non-hydrogen) atoms. The van der Waals surface area contributed by atoms with E-state index >= 15 is 0 Å². The molecule has 0 amide bonds. The lowest BCUT2D eigenvalue weighted by Crippen LogP contribution is -2.03. The second-order valence-electron chi connectivity index (χ2n) is 3.95. The summed E-state index contributed by atoms with van der Waals surface area (Å²) in [5.74, 6) is 0.583. The number of aryl methyl sites for hydroxylation is 3. The van der Waals surface area contributed by atoms with Crippen LogP contribution in [0.15, 0.2) is 30.5 Å². The predicted octanol–water partition coefficient (Wildman–Crippen LogP) is 3.41. The van der Waals surface area contributed by atoms with E-state index in [1.165, 1.54) is 16.7 Å². The van der Waals surface area contributed by atoms with E-state index in [1.54, 1.807) is 0 Å². The van der Waals surface area contributed by atoms with Crippen molar-refractivity contribution in [2.45, 2.75) is 20.4 Å². The van der Waals surface area contributed by atoms with Crippen molar-refractivity contribution in [2.75, 3.05) is 5.88 Å². The zero-order valence-corrected chi connectivity index (χ0v) is 10.3. The van der Waals surface area contributed by atoms with Crippen LogP contribution in [0.5, 0.6) is 0 Å².